The molecule has 0 bridgehead atoms. The van der Waals surface area contributed by atoms with Crippen molar-refractivity contribution in [2.24, 2.45) is 0 Å². The lowest BCUT2D eigenvalue weighted by Crippen LogP contribution is -2.22. The van der Waals surface area contributed by atoms with E-state index >= 15 is 0 Å². The number of carbonyl (C=O) groups excluding carboxylic acids is 1. The summed E-state index contributed by atoms with van der Waals surface area (Å²) in [5.41, 5.74) is 3.07. The van der Waals surface area contributed by atoms with Gasteiger partial charge < -0.3 is 10.4 Å². The Morgan fingerprint density at radius 2 is 2.30 bits per heavy atom. The molecule has 2 N–H and O–H groups in total. The van der Waals surface area contributed by atoms with E-state index < -0.39 is 0 Å². The van der Waals surface area contributed by atoms with Gasteiger partial charge in [0.1, 0.15) is 4.88 Å². The van der Waals surface area contributed by atoms with Crippen LogP contribution in [0.25, 0.3) is 0 Å². The van der Waals surface area contributed by atoms with Gasteiger partial charge in [-0.1, -0.05) is 11.8 Å². The first-order valence-electron chi connectivity index (χ1n) is 6.19. The Kier molecular flexibility index (Phi) is 5.36. The molecule has 2 aromatic heterocycles. The van der Waals surface area contributed by atoms with Gasteiger partial charge in [-0.2, -0.15) is 11.3 Å². The van der Waals surface area contributed by atoms with Gasteiger partial charge in [-0.25, -0.2) is 0 Å². The van der Waals surface area contributed by atoms with Crippen LogP contribution in [0.1, 0.15) is 32.8 Å². The smallest absolute Gasteiger partial charge is 0.262 e. The van der Waals surface area contributed by atoms with Gasteiger partial charge >= 0.3 is 0 Å². The van der Waals surface area contributed by atoms with E-state index in [9.17, 15) is 4.79 Å². The van der Waals surface area contributed by atoms with E-state index in [2.05, 4.69) is 22.5 Å². The molecule has 3 nitrogen and oxygen atoms in total. The van der Waals surface area contributed by atoms with Crippen LogP contribution < -0.4 is 5.32 Å². The Morgan fingerprint density at radius 1 is 1.45 bits per heavy atom. The summed E-state index contributed by atoms with van der Waals surface area (Å²) in [4.78, 5) is 12.8. The van der Waals surface area contributed by atoms with E-state index in [1.165, 1.54) is 16.9 Å². The summed E-state index contributed by atoms with van der Waals surface area (Å²) in [5, 5.41) is 17.6. The molecule has 0 unspecified atom stereocenters. The number of rotatable bonds is 4. The molecule has 0 fully saturated rings. The highest BCUT2D eigenvalue weighted by Crippen LogP contribution is 2.17. The second-order valence-electron chi connectivity index (χ2n) is 4.20. The van der Waals surface area contributed by atoms with E-state index in [-0.39, 0.29) is 12.5 Å². The van der Waals surface area contributed by atoms with Crippen molar-refractivity contribution in [2.45, 2.75) is 19.9 Å². The van der Waals surface area contributed by atoms with Crippen LogP contribution in [-0.2, 0) is 6.54 Å². The molecule has 0 atom stereocenters. The van der Waals surface area contributed by atoms with Crippen LogP contribution >= 0.6 is 22.7 Å². The summed E-state index contributed by atoms with van der Waals surface area (Å²) in [6.45, 7) is 2.61. The van der Waals surface area contributed by atoms with Crippen LogP contribution in [-0.4, -0.2) is 17.6 Å². The van der Waals surface area contributed by atoms with E-state index in [1.54, 1.807) is 11.3 Å². The van der Waals surface area contributed by atoms with Crippen LogP contribution in [0, 0.1) is 18.8 Å². The number of nitrogens with one attached hydrogen (secondary N) is 1. The van der Waals surface area contributed by atoms with E-state index in [0.29, 0.717) is 17.8 Å². The molecule has 0 aliphatic rings. The number of thiophene rings is 2. The summed E-state index contributed by atoms with van der Waals surface area (Å²) in [5.74, 6) is 5.66. The summed E-state index contributed by atoms with van der Waals surface area (Å²) in [6.07, 6.45) is 0.422. The fourth-order valence-corrected chi connectivity index (χ4v) is 3.24. The molecule has 0 saturated carbocycles. The predicted molar refractivity (Wildman–Crippen MR) is 83.1 cm³/mol. The average molecular weight is 305 g/mol. The lowest BCUT2D eigenvalue weighted by Gasteiger charge is -2.03. The number of hydrogen-bond acceptors (Lipinski definition) is 4. The number of hydrogen-bond donors (Lipinski definition) is 2. The third kappa shape index (κ3) is 3.70. The standard InChI is InChI=1S/C15H15NO2S2/c1-11-9-19-10-13(11)8-16-15(18)14-12(5-7-20-14)4-2-3-6-17/h5,7,9-10,17H,3,6,8H2,1H3,(H,16,18). The zero-order chi connectivity index (χ0) is 14.4. The SMILES string of the molecule is Cc1cscc1CNC(=O)c1sccc1C#CCCO. The molecule has 2 rings (SSSR count). The largest absolute Gasteiger partial charge is 0.395 e. The predicted octanol–water partition coefficient (Wildman–Crippen LogP) is 2.78. The molecule has 0 radical (unpaired) electrons. The molecule has 0 spiro atoms. The molecule has 104 valence electrons. The summed E-state index contributed by atoms with van der Waals surface area (Å²) in [7, 11) is 0. The number of carbonyl (C=O) groups is 1. The monoisotopic (exact) mass is 305 g/mol. The van der Waals surface area contributed by atoms with E-state index in [4.69, 9.17) is 5.11 Å². The third-order valence-electron chi connectivity index (χ3n) is 2.73. The van der Waals surface area contributed by atoms with Gasteiger partial charge in [-0.15, -0.1) is 11.3 Å². The minimum atomic E-state index is -0.0982. The normalized spacial score (nSPS) is 9.90. The van der Waals surface area contributed by atoms with Crippen molar-refractivity contribution in [2.75, 3.05) is 6.61 Å². The molecule has 0 aromatic carbocycles. The number of aliphatic hydroxyl groups excluding tert-OH is 1. The Hall–Kier alpha value is -1.61. The minimum absolute atomic E-state index is 0.0378. The van der Waals surface area contributed by atoms with Crippen LogP contribution in [0.4, 0.5) is 0 Å². The Morgan fingerprint density at radius 3 is 3.00 bits per heavy atom. The maximum atomic E-state index is 12.2. The lowest BCUT2D eigenvalue weighted by molar-refractivity contribution is 0.0955. The first-order valence-corrected chi connectivity index (χ1v) is 8.01. The molecule has 5 heteroatoms. The Balaban J connectivity index is 2.01. The van der Waals surface area contributed by atoms with Crippen molar-refractivity contribution in [1.82, 2.24) is 5.32 Å². The van der Waals surface area contributed by atoms with Crippen molar-refractivity contribution in [3.8, 4) is 11.8 Å². The zero-order valence-corrected chi connectivity index (χ0v) is 12.7. The summed E-state index contributed by atoms with van der Waals surface area (Å²) in [6, 6.07) is 1.83. The second kappa shape index (κ2) is 7.25. The van der Waals surface area contributed by atoms with E-state index in [1.807, 2.05) is 23.8 Å². The highest BCUT2D eigenvalue weighted by Gasteiger charge is 2.12. The van der Waals surface area contributed by atoms with Gasteiger partial charge in [-0.05, 0) is 40.3 Å². The molecule has 20 heavy (non-hydrogen) atoms. The minimum Gasteiger partial charge on any atom is -0.395 e. The third-order valence-corrected chi connectivity index (χ3v) is 4.56. The van der Waals surface area contributed by atoms with E-state index in [0.717, 1.165) is 11.1 Å². The first kappa shape index (κ1) is 14.8. The van der Waals surface area contributed by atoms with Crippen molar-refractivity contribution in [3.05, 3.63) is 43.8 Å². The average Bonchev–Trinajstić information content (AvgIpc) is 3.05. The first-order chi connectivity index (χ1) is 9.72. The number of aliphatic hydroxyl groups is 1. The topological polar surface area (TPSA) is 49.3 Å². The number of amides is 1. The summed E-state index contributed by atoms with van der Waals surface area (Å²) < 4.78 is 0. The molecule has 0 saturated heterocycles. The fourth-order valence-electron chi connectivity index (χ4n) is 1.62. The number of aryl methyl sites for hydroxylation is 1. The van der Waals surface area contributed by atoms with Crippen molar-refractivity contribution in [1.29, 1.82) is 0 Å². The molecule has 1 amide bonds. The quantitative estimate of drug-likeness (QED) is 0.853. The van der Waals surface area contributed by atoms with Crippen molar-refractivity contribution >= 4 is 28.6 Å². The summed E-state index contributed by atoms with van der Waals surface area (Å²) >= 11 is 3.02. The highest BCUT2D eigenvalue weighted by atomic mass is 32.1. The molecule has 0 aliphatic carbocycles. The maximum absolute atomic E-state index is 12.2. The lowest BCUT2D eigenvalue weighted by atomic mass is 10.2. The van der Waals surface area contributed by atoms with Gasteiger partial charge in [0.05, 0.1) is 6.61 Å². The molecule has 0 aliphatic heterocycles. The van der Waals surface area contributed by atoms with Gasteiger partial charge in [0.25, 0.3) is 5.91 Å². The molecular formula is C15H15NO2S2. The van der Waals surface area contributed by atoms with Crippen LogP contribution in [0.15, 0.2) is 22.2 Å². The fraction of sp³-hybridized carbons (Fsp3) is 0.267. The van der Waals surface area contributed by atoms with Crippen LogP contribution in [0.2, 0.25) is 0 Å². The van der Waals surface area contributed by atoms with Crippen LogP contribution in [0.5, 0.6) is 0 Å². The van der Waals surface area contributed by atoms with Gasteiger partial charge in [0.15, 0.2) is 0 Å². The van der Waals surface area contributed by atoms with Gasteiger partial charge in [0.2, 0.25) is 0 Å². The van der Waals surface area contributed by atoms with Gasteiger partial charge in [0, 0.05) is 18.5 Å². The van der Waals surface area contributed by atoms with Crippen molar-refractivity contribution in [3.63, 3.8) is 0 Å². The maximum Gasteiger partial charge on any atom is 0.262 e. The molecular weight excluding hydrogens is 290 g/mol. The highest BCUT2D eigenvalue weighted by molar-refractivity contribution is 7.12. The second-order valence-corrected chi connectivity index (χ2v) is 5.86. The van der Waals surface area contributed by atoms with Crippen molar-refractivity contribution < 1.29 is 9.90 Å². The Bertz CT molecular complexity index is 646. The Labute approximate surface area is 126 Å². The zero-order valence-electron chi connectivity index (χ0n) is 11.1. The van der Waals surface area contributed by atoms with Crippen LogP contribution in [0.3, 0.4) is 0 Å². The molecule has 2 heterocycles. The van der Waals surface area contributed by atoms with Gasteiger partial charge in [-0.3, -0.25) is 4.79 Å². The molecule has 2 aromatic rings.